The first kappa shape index (κ1) is 28.7. The minimum absolute atomic E-state index is 0.0999. The molecule has 2 aromatic heterocycles. The number of amides is 1. The predicted octanol–water partition coefficient (Wildman–Crippen LogP) is 4.05. The second kappa shape index (κ2) is 11.3. The number of hydrogen-bond acceptors (Lipinski definition) is 8. The Morgan fingerprint density at radius 2 is 1.97 bits per heavy atom. The molecular weight excluding hydrogens is 512 g/mol. The molecule has 3 aromatic rings. The minimum Gasteiger partial charge on any atom is -0.438 e. The zero-order valence-corrected chi connectivity index (χ0v) is 23.0. The van der Waals surface area contributed by atoms with E-state index in [1.165, 1.54) is 10.7 Å². The minimum atomic E-state index is -4.18. The van der Waals surface area contributed by atoms with Crippen molar-refractivity contribution in [2.45, 2.75) is 71.0 Å². The molecule has 2 N–H and O–H groups in total. The van der Waals surface area contributed by atoms with Crippen LogP contribution in [0.3, 0.4) is 0 Å². The topological polar surface area (TPSA) is 158 Å². The van der Waals surface area contributed by atoms with E-state index in [9.17, 15) is 23.3 Å². The van der Waals surface area contributed by atoms with Crippen LogP contribution >= 0.6 is 0 Å². The fourth-order valence-corrected chi connectivity index (χ4v) is 4.93. The first-order valence-corrected chi connectivity index (χ1v) is 13.5. The summed E-state index contributed by atoms with van der Waals surface area (Å²) in [6.07, 6.45) is 3.78. The lowest BCUT2D eigenvalue weighted by Crippen LogP contribution is -2.32. The number of carbonyl (C=O) groups is 1. The lowest BCUT2D eigenvalue weighted by atomic mass is 10.1. The molecule has 0 aliphatic carbocycles. The van der Waals surface area contributed by atoms with Crippen LogP contribution in [0.2, 0.25) is 0 Å². The Labute approximate surface area is 221 Å². The van der Waals surface area contributed by atoms with Gasteiger partial charge in [-0.1, -0.05) is 13.0 Å². The number of rotatable bonds is 10. The van der Waals surface area contributed by atoms with Crippen molar-refractivity contribution >= 4 is 21.6 Å². The van der Waals surface area contributed by atoms with Crippen LogP contribution in [0.1, 0.15) is 62.7 Å². The number of non-ortho nitro benzene ring substituents is 1. The van der Waals surface area contributed by atoms with E-state index >= 15 is 0 Å². The largest absolute Gasteiger partial charge is 0.438 e. The maximum absolute atomic E-state index is 13.2. The van der Waals surface area contributed by atoms with Crippen LogP contribution in [0.5, 0.6) is 11.6 Å². The second-order valence-corrected chi connectivity index (χ2v) is 11.5. The van der Waals surface area contributed by atoms with Crippen LogP contribution in [0, 0.1) is 17.0 Å². The molecule has 0 aliphatic rings. The maximum Gasteiger partial charge on any atom is 0.272 e. The van der Waals surface area contributed by atoms with E-state index in [-0.39, 0.29) is 23.9 Å². The third kappa shape index (κ3) is 6.53. The van der Waals surface area contributed by atoms with E-state index in [2.05, 4.69) is 20.1 Å². The van der Waals surface area contributed by atoms with Crippen LogP contribution in [0.25, 0.3) is 0 Å². The summed E-state index contributed by atoms with van der Waals surface area (Å²) in [4.78, 5) is 27.4. The van der Waals surface area contributed by atoms with Gasteiger partial charge in [0, 0.05) is 42.7 Å². The highest BCUT2D eigenvalue weighted by Crippen LogP contribution is 2.36. The maximum atomic E-state index is 13.2. The fraction of sp³-hybridized carbons (Fsp3) is 0.400. The zero-order valence-electron chi connectivity index (χ0n) is 22.2. The standard InChI is InChI=1S/C25H32N6O6S/c1-7-16(2)29-38(35,36)21-13-19(31(33)34)10-11-20(21)37-24-17(3)22(28-30(24)25(4,5)6)23(32)27-15-18-9-8-12-26-14-18/h8-14,16,29H,7,15H2,1-6H3,(H,27,32)/t16-/m0/s1. The third-order valence-corrected chi connectivity index (χ3v) is 7.31. The second-order valence-electron chi connectivity index (χ2n) is 9.83. The summed E-state index contributed by atoms with van der Waals surface area (Å²) in [5.41, 5.74) is 0.220. The number of sulfonamides is 1. The molecule has 0 saturated heterocycles. The SMILES string of the molecule is CC[C@H](C)NS(=O)(=O)c1cc([N+](=O)[O-])ccc1Oc1c(C)c(C(=O)NCc2cccnc2)nn1C(C)(C)C. The molecule has 1 aromatic carbocycles. The number of carbonyl (C=O) groups excluding carboxylic acids is 1. The van der Waals surface area contributed by atoms with Crippen molar-refractivity contribution < 1.29 is 22.9 Å². The molecule has 2 heterocycles. The summed E-state index contributed by atoms with van der Waals surface area (Å²) in [5.74, 6) is -0.450. The molecule has 0 unspecified atom stereocenters. The molecule has 0 aliphatic heterocycles. The van der Waals surface area contributed by atoms with Crippen molar-refractivity contribution in [3.05, 3.63) is 69.7 Å². The quantitative estimate of drug-likeness (QED) is 0.286. The molecule has 204 valence electrons. The van der Waals surface area contributed by atoms with Gasteiger partial charge in [0.15, 0.2) is 5.69 Å². The Bertz CT molecular complexity index is 1430. The highest BCUT2D eigenvalue weighted by Gasteiger charge is 2.31. The van der Waals surface area contributed by atoms with Gasteiger partial charge in [-0.2, -0.15) is 5.10 Å². The number of benzene rings is 1. The Morgan fingerprint density at radius 1 is 1.26 bits per heavy atom. The van der Waals surface area contributed by atoms with Gasteiger partial charge in [0.25, 0.3) is 11.6 Å². The third-order valence-electron chi connectivity index (χ3n) is 5.70. The van der Waals surface area contributed by atoms with Gasteiger partial charge in [-0.15, -0.1) is 0 Å². The number of nitrogens with one attached hydrogen (secondary N) is 2. The average molecular weight is 545 g/mol. The Morgan fingerprint density at radius 3 is 2.55 bits per heavy atom. The lowest BCUT2D eigenvalue weighted by molar-refractivity contribution is -0.385. The number of hydrogen-bond donors (Lipinski definition) is 2. The molecular formula is C25H32N6O6S. The number of pyridine rings is 1. The van der Waals surface area contributed by atoms with Crippen molar-refractivity contribution in [3.8, 4) is 11.6 Å². The normalized spacial score (nSPS) is 12.7. The first-order chi connectivity index (χ1) is 17.7. The summed E-state index contributed by atoms with van der Waals surface area (Å²) in [6.45, 7) is 10.9. The highest BCUT2D eigenvalue weighted by molar-refractivity contribution is 7.89. The monoisotopic (exact) mass is 544 g/mol. The van der Waals surface area contributed by atoms with E-state index in [0.717, 1.165) is 17.7 Å². The number of nitro benzene ring substituents is 1. The van der Waals surface area contributed by atoms with Crippen molar-refractivity contribution in [3.63, 3.8) is 0 Å². The molecule has 0 saturated carbocycles. The first-order valence-electron chi connectivity index (χ1n) is 12.0. The molecule has 38 heavy (non-hydrogen) atoms. The number of ether oxygens (including phenoxy) is 1. The van der Waals surface area contributed by atoms with E-state index in [4.69, 9.17) is 4.74 Å². The number of aromatic nitrogens is 3. The molecule has 0 bridgehead atoms. The molecule has 0 radical (unpaired) electrons. The molecule has 13 heteroatoms. The van der Waals surface area contributed by atoms with E-state index < -0.39 is 43.0 Å². The molecule has 3 rings (SSSR count). The van der Waals surface area contributed by atoms with Crippen molar-refractivity contribution in [1.29, 1.82) is 0 Å². The number of nitro groups is 1. The number of nitrogens with zero attached hydrogens (tertiary/aromatic N) is 4. The van der Waals surface area contributed by atoms with Gasteiger partial charge in [-0.25, -0.2) is 17.8 Å². The van der Waals surface area contributed by atoms with Crippen LogP contribution in [-0.4, -0.2) is 40.1 Å². The smallest absolute Gasteiger partial charge is 0.272 e. The highest BCUT2D eigenvalue weighted by atomic mass is 32.2. The van der Waals surface area contributed by atoms with Crippen LogP contribution in [0.4, 0.5) is 5.69 Å². The summed E-state index contributed by atoms with van der Waals surface area (Å²) < 4.78 is 36.5. The molecule has 12 nitrogen and oxygen atoms in total. The van der Waals surface area contributed by atoms with Crippen LogP contribution in [-0.2, 0) is 22.1 Å². The van der Waals surface area contributed by atoms with E-state index in [1.807, 2.05) is 33.8 Å². The molecule has 0 fully saturated rings. The van der Waals surface area contributed by atoms with Crippen LogP contribution in [0.15, 0.2) is 47.6 Å². The van der Waals surface area contributed by atoms with Crippen molar-refractivity contribution in [1.82, 2.24) is 24.8 Å². The molecule has 1 atom stereocenters. The van der Waals surface area contributed by atoms with Gasteiger partial charge in [0.1, 0.15) is 10.6 Å². The van der Waals surface area contributed by atoms with Gasteiger partial charge in [0.2, 0.25) is 15.9 Å². The zero-order chi connectivity index (χ0) is 28.3. The fourth-order valence-electron chi connectivity index (χ4n) is 3.46. The summed E-state index contributed by atoms with van der Waals surface area (Å²) >= 11 is 0. The Balaban J connectivity index is 2.06. The Kier molecular flexibility index (Phi) is 8.52. The van der Waals surface area contributed by atoms with Gasteiger partial charge in [0.05, 0.1) is 10.5 Å². The van der Waals surface area contributed by atoms with Crippen molar-refractivity contribution in [2.24, 2.45) is 0 Å². The van der Waals surface area contributed by atoms with E-state index in [1.54, 1.807) is 32.3 Å². The van der Waals surface area contributed by atoms with Crippen molar-refractivity contribution in [2.75, 3.05) is 0 Å². The van der Waals surface area contributed by atoms with Gasteiger partial charge >= 0.3 is 0 Å². The lowest BCUT2D eigenvalue weighted by Gasteiger charge is -2.23. The summed E-state index contributed by atoms with van der Waals surface area (Å²) in [6, 6.07) is 6.51. The Hall–Kier alpha value is -3.84. The van der Waals surface area contributed by atoms with E-state index in [0.29, 0.717) is 12.0 Å². The average Bonchev–Trinajstić information content (AvgIpc) is 3.19. The van der Waals surface area contributed by atoms with Gasteiger partial charge in [-0.3, -0.25) is 19.9 Å². The molecule has 1 amide bonds. The van der Waals surface area contributed by atoms with Crippen LogP contribution < -0.4 is 14.8 Å². The molecule has 0 spiro atoms. The van der Waals surface area contributed by atoms with Gasteiger partial charge in [-0.05, 0) is 58.7 Å². The predicted molar refractivity (Wildman–Crippen MR) is 141 cm³/mol. The van der Waals surface area contributed by atoms with Gasteiger partial charge < -0.3 is 10.1 Å². The summed E-state index contributed by atoms with van der Waals surface area (Å²) in [5, 5.41) is 18.7. The summed E-state index contributed by atoms with van der Waals surface area (Å²) in [7, 11) is -4.18.